The van der Waals surface area contributed by atoms with Gasteiger partial charge in [0.1, 0.15) is 16.5 Å². The van der Waals surface area contributed by atoms with Crippen molar-refractivity contribution in [2.45, 2.75) is 4.90 Å². The molecule has 0 amide bonds. The lowest BCUT2D eigenvalue weighted by Gasteiger charge is -2.18. The van der Waals surface area contributed by atoms with E-state index in [1.807, 2.05) is 0 Å². The molecule has 1 aliphatic rings. The van der Waals surface area contributed by atoms with E-state index in [1.165, 1.54) is 6.07 Å². The molecule has 7 heteroatoms. The molecule has 2 aromatic carbocycles. The number of nitrogens with zero attached hydrogens (tertiary/aromatic N) is 1. The van der Waals surface area contributed by atoms with Crippen LogP contribution in [0.4, 0.5) is 14.5 Å². The quantitative estimate of drug-likeness (QED) is 0.879. The fraction of sp³-hybridized carbons (Fsp3) is 0. The second kappa shape index (κ2) is 4.38. The number of benzene rings is 2. The zero-order valence-corrected chi connectivity index (χ0v) is 10.8. The first-order valence-electron chi connectivity index (χ1n) is 5.63. The third-order valence-electron chi connectivity index (χ3n) is 2.77. The third-order valence-corrected chi connectivity index (χ3v) is 4.10. The van der Waals surface area contributed by atoms with Crippen molar-refractivity contribution in [2.75, 3.05) is 5.32 Å². The van der Waals surface area contributed by atoms with E-state index < -0.39 is 21.7 Å². The normalized spacial score (nSPS) is 16.0. The van der Waals surface area contributed by atoms with Crippen molar-refractivity contribution < 1.29 is 17.2 Å². The summed E-state index contributed by atoms with van der Waals surface area (Å²) in [4.78, 5) is 0.0284. The Morgan fingerprint density at radius 3 is 2.35 bits per heavy atom. The molecule has 0 radical (unpaired) electrons. The number of rotatable bonds is 1. The predicted octanol–water partition coefficient (Wildman–Crippen LogP) is 2.53. The highest BCUT2D eigenvalue weighted by Gasteiger charge is 2.25. The van der Waals surface area contributed by atoms with Crippen LogP contribution in [-0.2, 0) is 10.0 Å². The molecule has 0 bridgehead atoms. The van der Waals surface area contributed by atoms with E-state index in [-0.39, 0.29) is 16.3 Å². The van der Waals surface area contributed by atoms with Crippen LogP contribution in [0.25, 0.3) is 0 Å². The van der Waals surface area contributed by atoms with E-state index in [0.29, 0.717) is 11.8 Å². The average Bonchev–Trinajstić information content (AvgIpc) is 2.37. The highest BCUT2D eigenvalue weighted by molar-refractivity contribution is 7.90. The molecule has 4 nitrogen and oxygen atoms in total. The maximum atomic E-state index is 13.2. The molecule has 2 aromatic rings. The van der Waals surface area contributed by atoms with Gasteiger partial charge in [0.25, 0.3) is 10.0 Å². The Bertz CT molecular complexity index is 812. The van der Waals surface area contributed by atoms with Crippen molar-refractivity contribution in [3.8, 4) is 0 Å². The smallest absolute Gasteiger partial charge is 0.286 e. The second-order valence-electron chi connectivity index (χ2n) is 4.19. The first-order chi connectivity index (χ1) is 9.45. The number of anilines is 1. The van der Waals surface area contributed by atoms with E-state index in [9.17, 15) is 17.2 Å². The van der Waals surface area contributed by atoms with Gasteiger partial charge >= 0.3 is 0 Å². The molecule has 0 aromatic heterocycles. The number of fused-ring (bicyclic) bond motifs is 1. The highest BCUT2D eigenvalue weighted by Crippen LogP contribution is 2.28. The molecule has 0 spiro atoms. The second-order valence-corrected chi connectivity index (χ2v) is 5.77. The summed E-state index contributed by atoms with van der Waals surface area (Å²) in [6.07, 6.45) is 0. The van der Waals surface area contributed by atoms with Crippen LogP contribution in [0, 0.1) is 11.6 Å². The fourth-order valence-corrected chi connectivity index (χ4v) is 3.07. The number of amidine groups is 1. The van der Waals surface area contributed by atoms with Crippen molar-refractivity contribution in [1.29, 1.82) is 0 Å². The Morgan fingerprint density at radius 2 is 1.65 bits per heavy atom. The van der Waals surface area contributed by atoms with Gasteiger partial charge in [0, 0.05) is 11.6 Å². The van der Waals surface area contributed by atoms with E-state index in [2.05, 4.69) is 9.71 Å². The summed E-state index contributed by atoms with van der Waals surface area (Å²) in [7, 11) is -3.88. The molecule has 20 heavy (non-hydrogen) atoms. The van der Waals surface area contributed by atoms with Gasteiger partial charge in [0.2, 0.25) is 0 Å². The van der Waals surface area contributed by atoms with Crippen molar-refractivity contribution >= 4 is 21.5 Å². The topological polar surface area (TPSA) is 58.5 Å². The van der Waals surface area contributed by atoms with Gasteiger partial charge in [-0.25, -0.2) is 8.78 Å². The fourth-order valence-electron chi connectivity index (χ4n) is 1.93. The van der Waals surface area contributed by atoms with Gasteiger partial charge in [-0.3, -0.25) is 0 Å². The van der Waals surface area contributed by atoms with Gasteiger partial charge in [-0.2, -0.15) is 8.42 Å². The van der Waals surface area contributed by atoms with Crippen LogP contribution in [-0.4, -0.2) is 14.3 Å². The minimum absolute atomic E-state index is 0.0283. The minimum Gasteiger partial charge on any atom is -0.338 e. The van der Waals surface area contributed by atoms with E-state index in [0.717, 1.165) is 12.1 Å². The molecule has 0 unspecified atom stereocenters. The lowest BCUT2D eigenvalue weighted by atomic mass is 10.2. The van der Waals surface area contributed by atoms with Crippen molar-refractivity contribution in [3.05, 3.63) is 59.7 Å². The summed E-state index contributed by atoms with van der Waals surface area (Å²) in [6, 6.07) is 8.91. The third kappa shape index (κ3) is 2.16. The molecular weight excluding hydrogens is 286 g/mol. The average molecular weight is 294 g/mol. The maximum absolute atomic E-state index is 13.2. The van der Waals surface area contributed by atoms with E-state index >= 15 is 0 Å². The van der Waals surface area contributed by atoms with E-state index in [1.54, 1.807) is 18.2 Å². The lowest BCUT2D eigenvalue weighted by Crippen LogP contribution is -2.22. The Kier molecular flexibility index (Phi) is 2.79. The Hall–Kier alpha value is -2.28. The molecule has 3 rings (SSSR count). The maximum Gasteiger partial charge on any atom is 0.286 e. The number of para-hydroxylation sites is 1. The SMILES string of the molecule is O=S1(=O)N=C(c2cc(F)cc(F)c2)Nc2ccccc21. The summed E-state index contributed by atoms with van der Waals surface area (Å²) in [5, 5.41) is 2.76. The molecule has 0 saturated heterocycles. The number of sulfonamides is 1. The van der Waals surface area contributed by atoms with Gasteiger partial charge in [0.15, 0.2) is 5.84 Å². The molecule has 0 aliphatic carbocycles. The molecule has 0 fully saturated rings. The van der Waals surface area contributed by atoms with E-state index in [4.69, 9.17) is 0 Å². The van der Waals surface area contributed by atoms with Crippen LogP contribution in [0.2, 0.25) is 0 Å². The summed E-state index contributed by atoms with van der Waals surface area (Å²) in [5.41, 5.74) is 0.350. The van der Waals surface area contributed by atoms with Gasteiger partial charge in [0.05, 0.1) is 5.69 Å². The summed E-state index contributed by atoms with van der Waals surface area (Å²) >= 11 is 0. The Balaban J connectivity index is 2.16. The number of halogens is 2. The first kappa shape index (κ1) is 12.7. The molecule has 0 atom stereocenters. The van der Waals surface area contributed by atoms with Crippen molar-refractivity contribution in [1.82, 2.24) is 0 Å². The first-order valence-corrected chi connectivity index (χ1v) is 7.07. The number of nitrogens with one attached hydrogen (secondary N) is 1. The van der Waals surface area contributed by atoms with Crippen molar-refractivity contribution in [3.63, 3.8) is 0 Å². The monoisotopic (exact) mass is 294 g/mol. The summed E-state index contributed by atoms with van der Waals surface area (Å²) < 4.78 is 54.0. The van der Waals surface area contributed by atoms with Crippen LogP contribution < -0.4 is 5.32 Å². The number of hydrogen-bond donors (Lipinski definition) is 1. The molecular formula is C13H8F2N2O2S. The highest BCUT2D eigenvalue weighted by atomic mass is 32.2. The van der Waals surface area contributed by atoms with Crippen molar-refractivity contribution in [2.24, 2.45) is 4.40 Å². The van der Waals surface area contributed by atoms with Gasteiger partial charge in [-0.15, -0.1) is 4.40 Å². The largest absolute Gasteiger partial charge is 0.338 e. The zero-order valence-electron chi connectivity index (χ0n) is 9.97. The summed E-state index contributed by atoms with van der Waals surface area (Å²) in [5.74, 6) is -1.72. The number of hydrogen-bond acceptors (Lipinski definition) is 3. The van der Waals surface area contributed by atoms with Gasteiger partial charge < -0.3 is 5.32 Å². The minimum atomic E-state index is -3.88. The van der Waals surface area contributed by atoms with Gasteiger partial charge in [-0.05, 0) is 24.3 Å². The Labute approximate surface area is 113 Å². The van der Waals surface area contributed by atoms with Crippen LogP contribution in [0.3, 0.4) is 0 Å². The van der Waals surface area contributed by atoms with Crippen LogP contribution in [0.15, 0.2) is 51.8 Å². The predicted molar refractivity (Wildman–Crippen MR) is 70.1 cm³/mol. The Morgan fingerprint density at radius 1 is 1.00 bits per heavy atom. The standard InChI is InChI=1S/C13H8F2N2O2S/c14-9-5-8(6-10(15)7-9)13-16-11-3-1-2-4-12(11)20(18,19)17-13/h1-7H,(H,16,17). The molecule has 1 heterocycles. The molecule has 0 saturated carbocycles. The zero-order chi connectivity index (χ0) is 14.3. The van der Waals surface area contributed by atoms with Crippen LogP contribution >= 0.6 is 0 Å². The molecule has 1 aliphatic heterocycles. The molecule has 102 valence electrons. The lowest BCUT2D eigenvalue weighted by molar-refractivity contribution is 0.582. The van der Waals surface area contributed by atoms with Gasteiger partial charge in [-0.1, -0.05) is 12.1 Å². The van der Waals surface area contributed by atoms with Crippen LogP contribution in [0.5, 0.6) is 0 Å². The summed E-state index contributed by atoms with van der Waals surface area (Å²) in [6.45, 7) is 0. The van der Waals surface area contributed by atoms with Crippen LogP contribution in [0.1, 0.15) is 5.56 Å². The molecule has 1 N–H and O–H groups in total.